The first kappa shape index (κ1) is 16.2. The molecule has 21 heavy (non-hydrogen) atoms. The van der Waals surface area contributed by atoms with Crippen molar-refractivity contribution in [3.05, 3.63) is 63.6 Å². The van der Waals surface area contributed by atoms with Crippen molar-refractivity contribution >= 4 is 23.2 Å². The summed E-state index contributed by atoms with van der Waals surface area (Å²) in [5, 5.41) is 4.72. The molecular weight excluding hydrogens is 305 g/mol. The number of rotatable bonds is 6. The zero-order valence-electron chi connectivity index (χ0n) is 12.2. The second-order valence-electron chi connectivity index (χ2n) is 4.87. The maximum absolute atomic E-state index is 6.10. The SMILES string of the molecule is CCC(NCc1cccc(OC)c1)c1ccc(Cl)c(Cl)c1. The minimum atomic E-state index is 0.242. The molecular formula is C17H19Cl2NO. The number of ether oxygens (including phenoxy) is 1. The van der Waals surface area contributed by atoms with Gasteiger partial charge in [-0.3, -0.25) is 0 Å². The second-order valence-corrected chi connectivity index (χ2v) is 5.68. The summed E-state index contributed by atoms with van der Waals surface area (Å²) < 4.78 is 5.24. The van der Waals surface area contributed by atoms with E-state index in [2.05, 4.69) is 18.3 Å². The van der Waals surface area contributed by atoms with E-state index in [1.165, 1.54) is 5.56 Å². The van der Waals surface area contributed by atoms with Gasteiger partial charge in [0.15, 0.2) is 0 Å². The van der Waals surface area contributed by atoms with Crippen LogP contribution in [0.1, 0.15) is 30.5 Å². The third kappa shape index (κ3) is 4.37. The van der Waals surface area contributed by atoms with Crippen LogP contribution in [0.5, 0.6) is 5.75 Å². The van der Waals surface area contributed by atoms with Crippen molar-refractivity contribution in [1.29, 1.82) is 0 Å². The van der Waals surface area contributed by atoms with Crippen molar-refractivity contribution < 1.29 is 4.74 Å². The first-order valence-corrected chi connectivity index (χ1v) is 7.71. The molecule has 4 heteroatoms. The number of benzene rings is 2. The Balaban J connectivity index is 2.06. The van der Waals surface area contributed by atoms with Gasteiger partial charge < -0.3 is 10.1 Å². The highest BCUT2D eigenvalue weighted by Crippen LogP contribution is 2.27. The summed E-state index contributed by atoms with van der Waals surface area (Å²) >= 11 is 12.1. The van der Waals surface area contributed by atoms with E-state index in [-0.39, 0.29) is 6.04 Å². The highest BCUT2D eigenvalue weighted by Gasteiger charge is 2.10. The summed E-state index contributed by atoms with van der Waals surface area (Å²) in [6.07, 6.45) is 0.974. The van der Waals surface area contributed by atoms with Gasteiger partial charge in [-0.05, 0) is 41.8 Å². The third-order valence-electron chi connectivity index (χ3n) is 3.44. The van der Waals surface area contributed by atoms with Crippen LogP contribution >= 0.6 is 23.2 Å². The van der Waals surface area contributed by atoms with Gasteiger partial charge in [-0.2, -0.15) is 0 Å². The summed E-state index contributed by atoms with van der Waals surface area (Å²) in [6, 6.07) is 14.1. The Kier molecular flexibility index (Phi) is 5.92. The molecule has 0 spiro atoms. The molecule has 0 aliphatic heterocycles. The van der Waals surface area contributed by atoms with Gasteiger partial charge in [0.1, 0.15) is 5.75 Å². The quantitative estimate of drug-likeness (QED) is 0.784. The minimum Gasteiger partial charge on any atom is -0.497 e. The van der Waals surface area contributed by atoms with E-state index in [4.69, 9.17) is 27.9 Å². The Bertz CT molecular complexity index is 601. The Morgan fingerprint density at radius 1 is 1.10 bits per heavy atom. The predicted molar refractivity (Wildman–Crippen MR) is 89.3 cm³/mol. The Morgan fingerprint density at radius 2 is 1.90 bits per heavy atom. The molecule has 0 amide bonds. The lowest BCUT2D eigenvalue weighted by Gasteiger charge is -2.18. The largest absolute Gasteiger partial charge is 0.497 e. The highest BCUT2D eigenvalue weighted by atomic mass is 35.5. The predicted octanol–water partition coefficient (Wildman–Crippen LogP) is 5.24. The molecule has 0 heterocycles. The summed E-state index contributed by atoms with van der Waals surface area (Å²) in [5.41, 5.74) is 2.34. The van der Waals surface area contributed by atoms with Crippen molar-refractivity contribution in [2.75, 3.05) is 7.11 Å². The fourth-order valence-corrected chi connectivity index (χ4v) is 2.56. The number of methoxy groups -OCH3 is 1. The van der Waals surface area contributed by atoms with Crippen molar-refractivity contribution in [3.63, 3.8) is 0 Å². The fraction of sp³-hybridized carbons (Fsp3) is 0.294. The summed E-state index contributed by atoms with van der Waals surface area (Å²) in [7, 11) is 1.68. The van der Waals surface area contributed by atoms with Crippen LogP contribution in [0.2, 0.25) is 10.0 Å². The van der Waals surface area contributed by atoms with E-state index in [1.54, 1.807) is 7.11 Å². The standard InChI is InChI=1S/C17H19Cl2NO/c1-3-17(13-7-8-15(18)16(19)10-13)20-11-12-5-4-6-14(9-12)21-2/h4-10,17,20H,3,11H2,1-2H3. The van der Waals surface area contributed by atoms with Gasteiger partial charge in [-0.1, -0.05) is 48.3 Å². The lowest BCUT2D eigenvalue weighted by Crippen LogP contribution is -2.20. The van der Waals surface area contributed by atoms with Gasteiger partial charge in [-0.25, -0.2) is 0 Å². The topological polar surface area (TPSA) is 21.3 Å². The summed E-state index contributed by atoms with van der Waals surface area (Å²) in [4.78, 5) is 0. The van der Waals surface area contributed by atoms with Crippen LogP contribution in [-0.4, -0.2) is 7.11 Å². The number of hydrogen-bond acceptors (Lipinski definition) is 2. The Labute approximate surface area is 136 Å². The summed E-state index contributed by atoms with van der Waals surface area (Å²) in [6.45, 7) is 2.92. The fourth-order valence-electron chi connectivity index (χ4n) is 2.25. The van der Waals surface area contributed by atoms with Gasteiger partial charge in [0.2, 0.25) is 0 Å². The van der Waals surface area contributed by atoms with Gasteiger partial charge in [0, 0.05) is 12.6 Å². The average Bonchev–Trinajstić information content (AvgIpc) is 2.51. The number of nitrogens with one attached hydrogen (secondary N) is 1. The Hall–Kier alpha value is -1.22. The van der Waals surface area contributed by atoms with E-state index in [0.29, 0.717) is 10.0 Å². The first-order valence-electron chi connectivity index (χ1n) is 6.95. The van der Waals surface area contributed by atoms with Crippen LogP contribution in [0, 0.1) is 0 Å². The molecule has 0 radical (unpaired) electrons. The zero-order valence-corrected chi connectivity index (χ0v) is 13.7. The average molecular weight is 324 g/mol. The molecule has 0 aliphatic rings. The van der Waals surface area contributed by atoms with Gasteiger partial charge in [0.05, 0.1) is 17.2 Å². The van der Waals surface area contributed by atoms with Crippen LogP contribution in [-0.2, 0) is 6.54 Å². The van der Waals surface area contributed by atoms with Crippen molar-refractivity contribution in [3.8, 4) is 5.75 Å². The molecule has 0 fully saturated rings. The molecule has 2 aromatic carbocycles. The summed E-state index contributed by atoms with van der Waals surface area (Å²) in [5.74, 6) is 0.872. The van der Waals surface area contributed by atoms with Crippen LogP contribution < -0.4 is 10.1 Å². The third-order valence-corrected chi connectivity index (χ3v) is 4.18. The maximum atomic E-state index is 6.10. The smallest absolute Gasteiger partial charge is 0.119 e. The van der Waals surface area contributed by atoms with Crippen LogP contribution in [0.25, 0.3) is 0 Å². The molecule has 2 rings (SSSR count). The van der Waals surface area contributed by atoms with Crippen molar-refractivity contribution in [1.82, 2.24) is 5.32 Å². The molecule has 0 aromatic heterocycles. The van der Waals surface area contributed by atoms with Crippen molar-refractivity contribution in [2.24, 2.45) is 0 Å². The van der Waals surface area contributed by atoms with E-state index >= 15 is 0 Å². The maximum Gasteiger partial charge on any atom is 0.119 e. The molecule has 0 saturated heterocycles. The molecule has 1 N–H and O–H groups in total. The molecule has 1 unspecified atom stereocenters. The molecule has 2 aromatic rings. The van der Waals surface area contributed by atoms with E-state index in [1.807, 2.05) is 36.4 Å². The molecule has 112 valence electrons. The van der Waals surface area contributed by atoms with Crippen molar-refractivity contribution in [2.45, 2.75) is 25.9 Å². The van der Waals surface area contributed by atoms with Crippen LogP contribution in [0.4, 0.5) is 0 Å². The van der Waals surface area contributed by atoms with Crippen LogP contribution in [0.3, 0.4) is 0 Å². The van der Waals surface area contributed by atoms with Gasteiger partial charge in [-0.15, -0.1) is 0 Å². The lowest BCUT2D eigenvalue weighted by atomic mass is 10.0. The lowest BCUT2D eigenvalue weighted by molar-refractivity contribution is 0.413. The van der Waals surface area contributed by atoms with Crippen LogP contribution in [0.15, 0.2) is 42.5 Å². The molecule has 2 nitrogen and oxygen atoms in total. The molecule has 0 bridgehead atoms. The molecule has 0 aliphatic carbocycles. The highest BCUT2D eigenvalue weighted by molar-refractivity contribution is 6.42. The second kappa shape index (κ2) is 7.69. The number of hydrogen-bond donors (Lipinski definition) is 1. The first-order chi connectivity index (χ1) is 10.1. The minimum absolute atomic E-state index is 0.242. The van der Waals surface area contributed by atoms with Gasteiger partial charge in [0.25, 0.3) is 0 Å². The normalized spacial score (nSPS) is 12.2. The number of halogens is 2. The Morgan fingerprint density at radius 3 is 2.57 bits per heavy atom. The van der Waals surface area contributed by atoms with E-state index in [0.717, 1.165) is 24.3 Å². The van der Waals surface area contributed by atoms with E-state index < -0.39 is 0 Å². The zero-order chi connectivity index (χ0) is 15.2. The van der Waals surface area contributed by atoms with Gasteiger partial charge >= 0.3 is 0 Å². The molecule has 0 saturated carbocycles. The van der Waals surface area contributed by atoms with E-state index in [9.17, 15) is 0 Å². The monoisotopic (exact) mass is 323 g/mol. The molecule has 1 atom stereocenters.